The van der Waals surface area contributed by atoms with E-state index in [1.807, 2.05) is 19.1 Å². The highest BCUT2D eigenvalue weighted by molar-refractivity contribution is 6.35. The number of fused-ring (bicyclic) bond motifs is 1. The molecule has 0 aliphatic carbocycles. The van der Waals surface area contributed by atoms with Crippen molar-refractivity contribution in [1.29, 1.82) is 0 Å². The van der Waals surface area contributed by atoms with Crippen LogP contribution in [-0.4, -0.2) is 9.97 Å². The van der Waals surface area contributed by atoms with Crippen LogP contribution in [0.2, 0.25) is 5.02 Å². The lowest BCUT2D eigenvalue weighted by molar-refractivity contribution is 1.35. The summed E-state index contributed by atoms with van der Waals surface area (Å²) in [6.07, 6.45) is 0. The number of hydrogen-bond donors (Lipinski definition) is 2. The van der Waals surface area contributed by atoms with E-state index in [4.69, 9.17) is 17.3 Å². The summed E-state index contributed by atoms with van der Waals surface area (Å²) in [4.78, 5) is 7.01. The van der Waals surface area contributed by atoms with Crippen LogP contribution in [0, 0.1) is 6.92 Å². The van der Waals surface area contributed by atoms with Gasteiger partial charge in [0.2, 0.25) is 0 Å². The largest absolute Gasteiger partial charge is 0.369 e. The molecule has 2 rings (SSSR count). The van der Waals surface area contributed by atoms with Crippen molar-refractivity contribution < 1.29 is 0 Å². The van der Waals surface area contributed by atoms with Crippen molar-refractivity contribution in [1.82, 2.24) is 9.97 Å². The summed E-state index contributed by atoms with van der Waals surface area (Å²) >= 11 is 5.92. The molecule has 12 heavy (non-hydrogen) atoms. The Labute approximate surface area is 74.5 Å². The van der Waals surface area contributed by atoms with Crippen LogP contribution in [0.25, 0.3) is 11.0 Å². The van der Waals surface area contributed by atoms with E-state index in [9.17, 15) is 0 Å². The minimum Gasteiger partial charge on any atom is -0.369 e. The van der Waals surface area contributed by atoms with E-state index in [0.29, 0.717) is 11.0 Å². The molecule has 0 aliphatic rings. The molecule has 1 heterocycles. The number of hydrogen-bond acceptors (Lipinski definition) is 2. The lowest BCUT2D eigenvalue weighted by atomic mass is 10.2. The summed E-state index contributed by atoms with van der Waals surface area (Å²) < 4.78 is 0. The Morgan fingerprint density at radius 3 is 2.92 bits per heavy atom. The number of anilines is 1. The van der Waals surface area contributed by atoms with Gasteiger partial charge >= 0.3 is 0 Å². The van der Waals surface area contributed by atoms with Crippen LogP contribution in [-0.2, 0) is 0 Å². The molecule has 0 aliphatic heterocycles. The number of imidazole rings is 1. The average molecular weight is 182 g/mol. The first-order chi connectivity index (χ1) is 5.68. The van der Waals surface area contributed by atoms with Crippen LogP contribution in [0.15, 0.2) is 12.1 Å². The molecule has 62 valence electrons. The molecule has 0 saturated carbocycles. The highest BCUT2D eigenvalue weighted by atomic mass is 35.5. The lowest BCUT2D eigenvalue weighted by Gasteiger charge is -1.94. The van der Waals surface area contributed by atoms with E-state index in [1.165, 1.54) is 0 Å². The van der Waals surface area contributed by atoms with Gasteiger partial charge in [0, 0.05) is 0 Å². The molecule has 2 aromatic rings. The van der Waals surface area contributed by atoms with Crippen molar-refractivity contribution >= 4 is 28.6 Å². The maximum Gasteiger partial charge on any atom is 0.198 e. The van der Waals surface area contributed by atoms with Crippen molar-refractivity contribution in [3.63, 3.8) is 0 Å². The van der Waals surface area contributed by atoms with Crippen molar-refractivity contribution in [2.75, 3.05) is 5.73 Å². The minimum atomic E-state index is 0.404. The first-order valence-electron chi connectivity index (χ1n) is 3.59. The second kappa shape index (κ2) is 2.38. The third kappa shape index (κ3) is 0.940. The second-order valence-electron chi connectivity index (χ2n) is 2.71. The number of benzene rings is 1. The van der Waals surface area contributed by atoms with Gasteiger partial charge in [0.05, 0.1) is 16.1 Å². The maximum absolute atomic E-state index is 5.92. The molecule has 0 atom stereocenters. The van der Waals surface area contributed by atoms with Crippen LogP contribution < -0.4 is 5.73 Å². The van der Waals surface area contributed by atoms with Gasteiger partial charge < -0.3 is 10.7 Å². The average Bonchev–Trinajstić information content (AvgIpc) is 2.41. The summed E-state index contributed by atoms with van der Waals surface area (Å²) in [7, 11) is 0. The smallest absolute Gasteiger partial charge is 0.198 e. The van der Waals surface area contributed by atoms with Gasteiger partial charge in [-0.25, -0.2) is 4.98 Å². The summed E-state index contributed by atoms with van der Waals surface area (Å²) in [6.45, 7) is 1.97. The van der Waals surface area contributed by atoms with Crippen LogP contribution in [0.1, 0.15) is 5.56 Å². The van der Waals surface area contributed by atoms with Gasteiger partial charge in [0.25, 0.3) is 0 Å². The monoisotopic (exact) mass is 181 g/mol. The van der Waals surface area contributed by atoms with Crippen molar-refractivity contribution in [3.8, 4) is 0 Å². The minimum absolute atomic E-state index is 0.404. The zero-order valence-corrected chi connectivity index (χ0v) is 7.31. The highest BCUT2D eigenvalue weighted by Crippen LogP contribution is 2.24. The Morgan fingerprint density at radius 2 is 2.25 bits per heavy atom. The summed E-state index contributed by atoms with van der Waals surface area (Å²) in [5, 5.41) is 0.653. The third-order valence-corrected chi connectivity index (χ3v) is 2.13. The van der Waals surface area contributed by atoms with Crippen molar-refractivity contribution in [2.45, 2.75) is 6.92 Å². The van der Waals surface area contributed by atoms with Gasteiger partial charge in [0.1, 0.15) is 0 Å². The highest BCUT2D eigenvalue weighted by Gasteiger charge is 2.05. The van der Waals surface area contributed by atoms with Crippen LogP contribution in [0.3, 0.4) is 0 Å². The third-order valence-electron chi connectivity index (χ3n) is 1.81. The number of aromatic amines is 1. The van der Waals surface area contributed by atoms with Gasteiger partial charge in [-0.15, -0.1) is 0 Å². The van der Waals surface area contributed by atoms with E-state index in [2.05, 4.69) is 9.97 Å². The number of nitrogen functional groups attached to an aromatic ring is 1. The van der Waals surface area contributed by atoms with Gasteiger partial charge in [-0.2, -0.15) is 0 Å². The molecule has 3 N–H and O–H groups in total. The number of aryl methyl sites for hydroxylation is 1. The molecular formula is C8H8ClN3. The molecule has 0 saturated heterocycles. The SMILES string of the molecule is Cc1ccc(Cl)c2[nH]c(N)nc12. The number of aromatic nitrogens is 2. The van der Waals surface area contributed by atoms with E-state index in [0.717, 1.165) is 16.6 Å². The zero-order valence-electron chi connectivity index (χ0n) is 6.56. The summed E-state index contributed by atoms with van der Waals surface area (Å²) in [6, 6.07) is 3.75. The van der Waals surface area contributed by atoms with Crippen LogP contribution in [0.4, 0.5) is 5.95 Å². The van der Waals surface area contributed by atoms with Crippen LogP contribution in [0.5, 0.6) is 0 Å². The quantitative estimate of drug-likeness (QED) is 0.654. The number of H-pyrrole nitrogens is 1. The van der Waals surface area contributed by atoms with Gasteiger partial charge in [-0.1, -0.05) is 17.7 Å². The van der Waals surface area contributed by atoms with Crippen molar-refractivity contribution in [3.05, 3.63) is 22.7 Å². The Kier molecular flexibility index (Phi) is 1.48. The standard InChI is InChI=1S/C8H8ClN3/c1-4-2-3-5(9)7-6(4)11-8(10)12-7/h2-3H,1H3,(H3,10,11,12). The number of nitrogens with one attached hydrogen (secondary N) is 1. The van der Waals surface area contributed by atoms with Crippen molar-refractivity contribution in [2.24, 2.45) is 0 Å². The molecule has 0 radical (unpaired) electrons. The predicted octanol–water partition coefficient (Wildman–Crippen LogP) is 2.11. The normalized spacial score (nSPS) is 10.8. The first kappa shape index (κ1) is 7.43. The molecule has 0 unspecified atom stereocenters. The molecule has 0 fully saturated rings. The lowest BCUT2D eigenvalue weighted by Crippen LogP contribution is -1.84. The zero-order chi connectivity index (χ0) is 8.72. The van der Waals surface area contributed by atoms with E-state index >= 15 is 0 Å². The predicted molar refractivity (Wildman–Crippen MR) is 50.3 cm³/mol. The fourth-order valence-electron chi connectivity index (χ4n) is 1.21. The molecule has 0 spiro atoms. The topological polar surface area (TPSA) is 54.7 Å². The molecule has 1 aromatic heterocycles. The fourth-order valence-corrected chi connectivity index (χ4v) is 1.41. The number of rotatable bonds is 0. The van der Waals surface area contributed by atoms with Gasteiger partial charge in [-0.05, 0) is 18.6 Å². The first-order valence-corrected chi connectivity index (χ1v) is 3.96. The molecule has 3 nitrogen and oxygen atoms in total. The van der Waals surface area contributed by atoms with Gasteiger partial charge in [0.15, 0.2) is 5.95 Å². The molecular weight excluding hydrogens is 174 g/mol. The maximum atomic E-state index is 5.92. The van der Waals surface area contributed by atoms with E-state index in [1.54, 1.807) is 0 Å². The summed E-state index contributed by atoms with van der Waals surface area (Å²) in [5.74, 6) is 0.404. The number of nitrogens with zero attached hydrogens (tertiary/aromatic N) is 1. The Hall–Kier alpha value is -1.22. The van der Waals surface area contributed by atoms with E-state index in [-0.39, 0.29) is 0 Å². The Morgan fingerprint density at radius 1 is 1.50 bits per heavy atom. The molecule has 0 amide bonds. The number of nitrogens with two attached hydrogens (primary N) is 1. The van der Waals surface area contributed by atoms with E-state index < -0.39 is 0 Å². The molecule has 0 bridgehead atoms. The second-order valence-corrected chi connectivity index (χ2v) is 3.12. The van der Waals surface area contributed by atoms with Gasteiger partial charge in [-0.3, -0.25) is 0 Å². The fraction of sp³-hybridized carbons (Fsp3) is 0.125. The molecule has 4 heteroatoms. The Balaban J connectivity index is 2.93. The number of halogens is 1. The Bertz CT molecular complexity index is 394. The summed E-state index contributed by atoms with van der Waals surface area (Å²) in [5.41, 5.74) is 8.24. The van der Waals surface area contributed by atoms with Crippen LogP contribution >= 0.6 is 11.6 Å². The molecule has 1 aromatic carbocycles.